The van der Waals surface area contributed by atoms with E-state index in [1.807, 2.05) is 31.2 Å². The molecule has 0 aliphatic rings. The Morgan fingerprint density at radius 2 is 1.89 bits per heavy atom. The molecule has 0 saturated carbocycles. The summed E-state index contributed by atoms with van der Waals surface area (Å²) in [4.78, 5) is 16.7. The molecule has 0 radical (unpaired) electrons. The number of nitrogens with one attached hydrogen (secondary N) is 2. The Hall–Kier alpha value is -3.13. The van der Waals surface area contributed by atoms with Crippen molar-refractivity contribution in [1.82, 2.24) is 10.3 Å². The molecule has 3 aromatic rings. The monoisotopic (exact) mass is 399 g/mol. The van der Waals surface area contributed by atoms with Gasteiger partial charge >= 0.3 is 0 Å². The molecule has 8 heteroatoms. The fourth-order valence-electron chi connectivity index (χ4n) is 2.59. The highest BCUT2D eigenvalue weighted by atomic mass is 32.2. The standard InChI is InChI=1S/C20H21N3O4S/c1-14-6-8-15(9-7-14)20-22-18(13-27-20)10-11-21-19(24)16-4-3-5-17(12-16)23-28(2,25)26/h3-9,12-13,23H,10-11H2,1-2H3,(H,21,24). The van der Waals surface area contributed by atoms with Gasteiger partial charge in [0.15, 0.2) is 0 Å². The lowest BCUT2D eigenvalue weighted by Gasteiger charge is -2.07. The predicted molar refractivity (Wildman–Crippen MR) is 108 cm³/mol. The van der Waals surface area contributed by atoms with Crippen LogP contribution in [0.3, 0.4) is 0 Å². The van der Waals surface area contributed by atoms with Crippen molar-refractivity contribution < 1.29 is 17.6 Å². The van der Waals surface area contributed by atoms with Crippen LogP contribution in [0, 0.1) is 6.92 Å². The molecule has 1 aromatic heterocycles. The number of sulfonamides is 1. The fraction of sp³-hybridized carbons (Fsp3) is 0.200. The summed E-state index contributed by atoms with van der Waals surface area (Å²) in [7, 11) is -3.40. The summed E-state index contributed by atoms with van der Waals surface area (Å²) in [6, 6.07) is 14.2. The van der Waals surface area contributed by atoms with E-state index in [2.05, 4.69) is 15.0 Å². The minimum atomic E-state index is -3.40. The van der Waals surface area contributed by atoms with E-state index < -0.39 is 10.0 Å². The number of oxazole rings is 1. The maximum absolute atomic E-state index is 12.3. The van der Waals surface area contributed by atoms with E-state index in [4.69, 9.17) is 4.42 Å². The van der Waals surface area contributed by atoms with Crippen molar-refractivity contribution in [2.45, 2.75) is 13.3 Å². The van der Waals surface area contributed by atoms with Gasteiger partial charge in [0, 0.05) is 29.8 Å². The summed E-state index contributed by atoms with van der Waals surface area (Å²) in [6.07, 6.45) is 3.16. The Balaban J connectivity index is 1.56. The molecule has 0 aliphatic heterocycles. The summed E-state index contributed by atoms with van der Waals surface area (Å²) in [5.41, 5.74) is 3.51. The van der Waals surface area contributed by atoms with Crippen LogP contribution < -0.4 is 10.0 Å². The quantitative estimate of drug-likeness (QED) is 0.636. The number of hydrogen-bond acceptors (Lipinski definition) is 5. The number of anilines is 1. The second-order valence-corrected chi connectivity index (χ2v) is 8.22. The van der Waals surface area contributed by atoms with Crippen molar-refractivity contribution in [2.24, 2.45) is 0 Å². The largest absolute Gasteiger partial charge is 0.444 e. The van der Waals surface area contributed by atoms with Gasteiger partial charge in [0.05, 0.1) is 11.9 Å². The third-order valence-corrected chi connectivity index (χ3v) is 4.55. The second kappa shape index (κ2) is 8.26. The van der Waals surface area contributed by atoms with Gasteiger partial charge in [-0.1, -0.05) is 23.8 Å². The molecule has 0 saturated heterocycles. The number of amides is 1. The van der Waals surface area contributed by atoms with Gasteiger partial charge in [-0.15, -0.1) is 0 Å². The zero-order chi connectivity index (χ0) is 20.1. The van der Waals surface area contributed by atoms with Gasteiger partial charge in [-0.05, 0) is 37.3 Å². The first-order valence-electron chi connectivity index (χ1n) is 8.68. The number of benzene rings is 2. The van der Waals surface area contributed by atoms with Crippen molar-refractivity contribution in [3.63, 3.8) is 0 Å². The molecule has 0 spiro atoms. The van der Waals surface area contributed by atoms with E-state index in [9.17, 15) is 13.2 Å². The zero-order valence-electron chi connectivity index (χ0n) is 15.6. The van der Waals surface area contributed by atoms with E-state index >= 15 is 0 Å². The van der Waals surface area contributed by atoms with E-state index in [1.54, 1.807) is 24.5 Å². The lowest BCUT2D eigenvalue weighted by atomic mass is 10.1. The SMILES string of the molecule is Cc1ccc(-c2nc(CCNC(=O)c3cccc(NS(C)(=O)=O)c3)co2)cc1. The van der Waals surface area contributed by atoms with E-state index in [0.717, 1.165) is 23.1 Å². The van der Waals surface area contributed by atoms with E-state index in [-0.39, 0.29) is 5.91 Å². The Morgan fingerprint density at radius 1 is 1.14 bits per heavy atom. The van der Waals surface area contributed by atoms with Gasteiger partial charge in [-0.2, -0.15) is 0 Å². The van der Waals surface area contributed by atoms with Crippen LogP contribution in [0.25, 0.3) is 11.5 Å². The highest BCUT2D eigenvalue weighted by Crippen LogP contribution is 2.19. The second-order valence-electron chi connectivity index (χ2n) is 6.47. The molecule has 28 heavy (non-hydrogen) atoms. The molecule has 146 valence electrons. The van der Waals surface area contributed by atoms with Crippen LogP contribution in [0.5, 0.6) is 0 Å². The molecule has 0 bridgehead atoms. The van der Waals surface area contributed by atoms with Gasteiger partial charge < -0.3 is 9.73 Å². The highest BCUT2D eigenvalue weighted by molar-refractivity contribution is 7.92. The first-order valence-corrected chi connectivity index (χ1v) is 10.6. The van der Waals surface area contributed by atoms with Crippen LogP contribution in [0.15, 0.2) is 59.2 Å². The molecule has 2 aromatic carbocycles. The summed E-state index contributed by atoms with van der Waals surface area (Å²) in [5.74, 6) is 0.250. The van der Waals surface area contributed by atoms with Crippen LogP contribution in [0.2, 0.25) is 0 Å². The minimum absolute atomic E-state index is 0.292. The van der Waals surface area contributed by atoms with Crippen molar-refractivity contribution >= 4 is 21.6 Å². The highest BCUT2D eigenvalue weighted by Gasteiger charge is 2.10. The normalized spacial score (nSPS) is 11.2. The van der Waals surface area contributed by atoms with Gasteiger partial charge in [0.1, 0.15) is 6.26 Å². The molecule has 0 aliphatic carbocycles. The summed E-state index contributed by atoms with van der Waals surface area (Å²) >= 11 is 0. The molecular weight excluding hydrogens is 378 g/mol. The molecule has 0 unspecified atom stereocenters. The first kappa shape index (κ1) is 19.6. The molecule has 2 N–H and O–H groups in total. The van der Waals surface area contributed by atoms with E-state index in [0.29, 0.717) is 30.1 Å². The van der Waals surface area contributed by atoms with Crippen molar-refractivity contribution in [3.8, 4) is 11.5 Å². The topological polar surface area (TPSA) is 101 Å². The number of rotatable bonds is 7. The van der Waals surface area contributed by atoms with Crippen molar-refractivity contribution in [1.29, 1.82) is 0 Å². The lowest BCUT2D eigenvalue weighted by Crippen LogP contribution is -2.25. The Labute approximate surface area is 163 Å². The first-order chi connectivity index (χ1) is 13.3. The molecule has 3 rings (SSSR count). The smallest absolute Gasteiger partial charge is 0.251 e. The van der Waals surface area contributed by atoms with Gasteiger partial charge in [-0.25, -0.2) is 13.4 Å². The van der Waals surface area contributed by atoms with Crippen LogP contribution in [-0.4, -0.2) is 32.1 Å². The number of aromatic nitrogens is 1. The lowest BCUT2D eigenvalue weighted by molar-refractivity contribution is 0.0954. The number of nitrogens with zero attached hydrogens (tertiary/aromatic N) is 1. The number of carbonyl (C=O) groups is 1. The van der Waals surface area contributed by atoms with Gasteiger partial charge in [0.2, 0.25) is 15.9 Å². The van der Waals surface area contributed by atoms with Crippen molar-refractivity contribution in [2.75, 3.05) is 17.5 Å². The molecule has 0 atom stereocenters. The van der Waals surface area contributed by atoms with E-state index in [1.165, 1.54) is 6.07 Å². The molecular formula is C20H21N3O4S. The molecule has 1 heterocycles. The average molecular weight is 399 g/mol. The van der Waals surface area contributed by atoms with Crippen LogP contribution in [0.1, 0.15) is 21.6 Å². The Bertz CT molecular complexity index is 1070. The summed E-state index contributed by atoms with van der Waals surface area (Å²) in [5, 5.41) is 2.80. The fourth-order valence-corrected chi connectivity index (χ4v) is 3.15. The third-order valence-electron chi connectivity index (χ3n) is 3.94. The molecule has 0 fully saturated rings. The molecule has 1 amide bonds. The number of carbonyl (C=O) groups excluding carboxylic acids is 1. The number of aryl methyl sites for hydroxylation is 1. The number of hydrogen-bond donors (Lipinski definition) is 2. The maximum Gasteiger partial charge on any atom is 0.251 e. The maximum atomic E-state index is 12.3. The van der Waals surface area contributed by atoms with Crippen LogP contribution in [0.4, 0.5) is 5.69 Å². The zero-order valence-corrected chi connectivity index (χ0v) is 16.4. The van der Waals surface area contributed by atoms with Crippen LogP contribution >= 0.6 is 0 Å². The molecule has 7 nitrogen and oxygen atoms in total. The third kappa shape index (κ3) is 5.43. The summed E-state index contributed by atoms with van der Waals surface area (Å²) < 4.78 is 30.5. The van der Waals surface area contributed by atoms with Gasteiger partial charge in [0.25, 0.3) is 5.91 Å². The van der Waals surface area contributed by atoms with Crippen LogP contribution in [-0.2, 0) is 16.4 Å². The minimum Gasteiger partial charge on any atom is -0.444 e. The van der Waals surface area contributed by atoms with Crippen molar-refractivity contribution in [3.05, 3.63) is 71.6 Å². The predicted octanol–water partition coefficient (Wildman–Crippen LogP) is 2.99. The summed E-state index contributed by atoms with van der Waals surface area (Å²) in [6.45, 7) is 2.39. The Morgan fingerprint density at radius 3 is 2.61 bits per heavy atom. The average Bonchev–Trinajstić information content (AvgIpc) is 3.10. The van der Waals surface area contributed by atoms with Gasteiger partial charge in [-0.3, -0.25) is 9.52 Å². The Kier molecular flexibility index (Phi) is 5.79.